The van der Waals surface area contributed by atoms with Gasteiger partial charge in [-0.2, -0.15) is 5.11 Å². The van der Waals surface area contributed by atoms with Crippen molar-refractivity contribution < 1.29 is 0 Å². The van der Waals surface area contributed by atoms with Crippen LogP contribution in [0.2, 0.25) is 5.02 Å². The van der Waals surface area contributed by atoms with E-state index in [0.717, 1.165) is 40.6 Å². The first-order chi connectivity index (χ1) is 13.5. The van der Waals surface area contributed by atoms with Gasteiger partial charge in [-0.05, 0) is 41.8 Å². The Morgan fingerprint density at radius 2 is 1.86 bits per heavy atom. The highest BCUT2D eigenvalue weighted by molar-refractivity contribution is 6.30. The standard InChI is InChI=1S/C21H21ClN6/c1-20(2,17-13-23-27-24-17)16-5-3-12-28-18(16)25-26-19(28)21(10-4-11-21)14-6-8-15(22)9-7-14/h3,5-9,12H,4,10-11,13H2,1-2H3. The Labute approximate surface area is 168 Å². The first-order valence-corrected chi connectivity index (χ1v) is 9.95. The smallest absolute Gasteiger partial charge is 0.164 e. The van der Waals surface area contributed by atoms with Crippen LogP contribution >= 0.6 is 11.6 Å². The maximum atomic E-state index is 6.12. The van der Waals surface area contributed by atoms with Gasteiger partial charge in [0, 0.05) is 22.2 Å². The summed E-state index contributed by atoms with van der Waals surface area (Å²) in [6.45, 7) is 4.82. The molecule has 0 saturated heterocycles. The minimum Gasteiger partial charge on any atom is -0.285 e. The first-order valence-electron chi connectivity index (χ1n) is 9.57. The number of pyridine rings is 1. The van der Waals surface area contributed by atoms with E-state index < -0.39 is 0 Å². The second-order valence-electron chi connectivity index (χ2n) is 8.14. The third kappa shape index (κ3) is 2.44. The van der Waals surface area contributed by atoms with E-state index in [0.29, 0.717) is 6.54 Å². The van der Waals surface area contributed by atoms with Gasteiger partial charge in [0.1, 0.15) is 12.4 Å². The van der Waals surface area contributed by atoms with Gasteiger partial charge in [-0.15, -0.1) is 15.3 Å². The van der Waals surface area contributed by atoms with Crippen molar-refractivity contribution in [1.29, 1.82) is 0 Å². The highest BCUT2D eigenvalue weighted by atomic mass is 35.5. The molecule has 3 heterocycles. The SMILES string of the molecule is CC(C)(C1=NN=NC1)c1cccn2c(C3(c4ccc(Cl)cc4)CCC3)nnc12. The molecule has 0 unspecified atom stereocenters. The van der Waals surface area contributed by atoms with Crippen molar-refractivity contribution in [3.63, 3.8) is 0 Å². The molecule has 0 bridgehead atoms. The zero-order chi connectivity index (χ0) is 19.4. The Bertz CT molecular complexity index is 1110. The number of aromatic nitrogens is 3. The van der Waals surface area contributed by atoms with Gasteiger partial charge < -0.3 is 0 Å². The van der Waals surface area contributed by atoms with Gasteiger partial charge in [0.2, 0.25) is 0 Å². The van der Waals surface area contributed by atoms with Crippen molar-refractivity contribution in [1.82, 2.24) is 14.6 Å². The summed E-state index contributed by atoms with van der Waals surface area (Å²) in [5.74, 6) is 0.997. The van der Waals surface area contributed by atoms with E-state index in [1.54, 1.807) is 0 Å². The van der Waals surface area contributed by atoms with Crippen LogP contribution in [0.25, 0.3) is 5.65 Å². The molecule has 0 amide bonds. The molecule has 2 aliphatic rings. The van der Waals surface area contributed by atoms with Gasteiger partial charge >= 0.3 is 0 Å². The Morgan fingerprint density at radius 3 is 2.50 bits per heavy atom. The lowest BCUT2D eigenvalue weighted by atomic mass is 9.64. The van der Waals surface area contributed by atoms with Crippen LogP contribution in [0.5, 0.6) is 0 Å². The molecule has 1 aromatic carbocycles. The monoisotopic (exact) mass is 392 g/mol. The normalized spacial score (nSPS) is 18.3. The summed E-state index contributed by atoms with van der Waals surface area (Å²) >= 11 is 6.12. The molecular formula is C21H21ClN6. The Kier molecular flexibility index (Phi) is 3.88. The summed E-state index contributed by atoms with van der Waals surface area (Å²) in [7, 11) is 0. The zero-order valence-electron chi connectivity index (χ0n) is 15.9. The summed E-state index contributed by atoms with van der Waals surface area (Å²) in [4.78, 5) is 0. The van der Waals surface area contributed by atoms with E-state index in [-0.39, 0.29) is 10.8 Å². The molecule has 0 spiro atoms. The van der Waals surface area contributed by atoms with Crippen molar-refractivity contribution in [2.75, 3.05) is 6.54 Å². The van der Waals surface area contributed by atoms with E-state index in [9.17, 15) is 0 Å². The third-order valence-corrected chi connectivity index (χ3v) is 6.56. The van der Waals surface area contributed by atoms with Crippen molar-refractivity contribution in [3.8, 4) is 0 Å². The quantitative estimate of drug-likeness (QED) is 0.630. The molecule has 1 saturated carbocycles. The second kappa shape index (κ2) is 6.21. The molecule has 3 aromatic rings. The van der Waals surface area contributed by atoms with E-state index in [2.05, 4.69) is 74.3 Å². The van der Waals surface area contributed by atoms with Crippen LogP contribution in [-0.4, -0.2) is 26.9 Å². The van der Waals surface area contributed by atoms with E-state index >= 15 is 0 Å². The number of hydrogen-bond donors (Lipinski definition) is 0. The number of nitrogens with zero attached hydrogens (tertiary/aromatic N) is 6. The molecule has 6 nitrogen and oxygen atoms in total. The lowest BCUT2D eigenvalue weighted by Crippen LogP contribution is -2.37. The molecule has 5 rings (SSSR count). The summed E-state index contributed by atoms with van der Waals surface area (Å²) in [6.07, 6.45) is 5.37. The van der Waals surface area contributed by atoms with Crippen LogP contribution in [0, 0.1) is 0 Å². The number of fused-ring (bicyclic) bond motifs is 1. The number of hydrogen-bond acceptors (Lipinski definition) is 5. The molecule has 7 heteroatoms. The fourth-order valence-electron chi connectivity index (χ4n) is 4.36. The molecule has 1 fully saturated rings. The predicted molar refractivity (Wildman–Crippen MR) is 109 cm³/mol. The number of benzene rings is 1. The summed E-state index contributed by atoms with van der Waals surface area (Å²) in [5.41, 5.74) is 3.73. The molecule has 0 radical (unpaired) electrons. The van der Waals surface area contributed by atoms with Gasteiger partial charge in [0.25, 0.3) is 0 Å². The summed E-state index contributed by atoms with van der Waals surface area (Å²) in [5, 5.41) is 22.1. The van der Waals surface area contributed by atoms with Gasteiger partial charge in [-0.1, -0.05) is 50.1 Å². The lowest BCUT2D eigenvalue weighted by Gasteiger charge is -2.41. The maximum absolute atomic E-state index is 6.12. The molecule has 0 N–H and O–H groups in total. The first kappa shape index (κ1) is 17.5. The van der Waals surface area contributed by atoms with Crippen LogP contribution in [0.15, 0.2) is 58.0 Å². The minimum absolute atomic E-state index is 0.109. The summed E-state index contributed by atoms with van der Waals surface area (Å²) in [6, 6.07) is 12.3. The van der Waals surface area contributed by atoms with Gasteiger partial charge in [-0.3, -0.25) is 4.40 Å². The van der Waals surface area contributed by atoms with Crippen molar-refractivity contribution in [2.45, 2.75) is 43.9 Å². The van der Waals surface area contributed by atoms with Crippen LogP contribution < -0.4 is 0 Å². The average molecular weight is 393 g/mol. The lowest BCUT2D eigenvalue weighted by molar-refractivity contribution is 0.283. The van der Waals surface area contributed by atoms with E-state index in [1.807, 2.05) is 12.1 Å². The molecule has 1 aliphatic carbocycles. The maximum Gasteiger partial charge on any atom is 0.164 e. The van der Waals surface area contributed by atoms with Crippen LogP contribution in [0.3, 0.4) is 0 Å². The number of halogens is 1. The molecule has 1 aliphatic heterocycles. The topological polar surface area (TPSA) is 67.3 Å². The average Bonchev–Trinajstić information content (AvgIpc) is 3.33. The van der Waals surface area contributed by atoms with Gasteiger partial charge in [-0.25, -0.2) is 0 Å². The molecule has 142 valence electrons. The van der Waals surface area contributed by atoms with E-state index in [1.165, 1.54) is 12.0 Å². The minimum atomic E-state index is -0.316. The molecule has 2 aromatic heterocycles. The predicted octanol–water partition coefficient (Wildman–Crippen LogP) is 4.95. The second-order valence-corrected chi connectivity index (χ2v) is 8.58. The van der Waals surface area contributed by atoms with Crippen molar-refractivity contribution >= 4 is 23.0 Å². The zero-order valence-corrected chi connectivity index (χ0v) is 16.7. The highest BCUT2D eigenvalue weighted by Crippen LogP contribution is 2.48. The van der Waals surface area contributed by atoms with Gasteiger partial charge in [0.05, 0.1) is 11.1 Å². The van der Waals surface area contributed by atoms with Gasteiger partial charge in [0.15, 0.2) is 5.65 Å². The van der Waals surface area contributed by atoms with Crippen molar-refractivity contribution in [2.24, 2.45) is 15.4 Å². The molecule has 0 atom stereocenters. The van der Waals surface area contributed by atoms with Crippen molar-refractivity contribution in [3.05, 3.63) is 64.6 Å². The Hall–Kier alpha value is -2.60. The van der Waals surface area contributed by atoms with E-state index in [4.69, 9.17) is 11.6 Å². The van der Waals surface area contributed by atoms with Crippen LogP contribution in [0.1, 0.15) is 50.1 Å². The fraction of sp³-hybridized carbons (Fsp3) is 0.381. The Balaban J connectivity index is 1.65. The highest BCUT2D eigenvalue weighted by Gasteiger charge is 2.44. The third-order valence-electron chi connectivity index (χ3n) is 6.31. The van der Waals surface area contributed by atoms with Crippen LogP contribution in [0.4, 0.5) is 0 Å². The molecular weight excluding hydrogens is 372 g/mol. The fourth-order valence-corrected chi connectivity index (χ4v) is 4.49. The molecule has 28 heavy (non-hydrogen) atoms. The van der Waals surface area contributed by atoms with Crippen LogP contribution in [-0.2, 0) is 10.8 Å². The Morgan fingerprint density at radius 1 is 1.07 bits per heavy atom. The number of rotatable bonds is 4. The largest absolute Gasteiger partial charge is 0.285 e. The summed E-state index contributed by atoms with van der Waals surface area (Å²) < 4.78 is 2.15.